The Labute approximate surface area is 79.3 Å². The van der Waals surface area contributed by atoms with Gasteiger partial charge in [0, 0.05) is 12.1 Å². The van der Waals surface area contributed by atoms with Crippen LogP contribution in [0.15, 0.2) is 0 Å². The van der Waals surface area contributed by atoms with Gasteiger partial charge in [-0.15, -0.1) is 0 Å². The quantitative estimate of drug-likeness (QED) is 0.684. The van der Waals surface area contributed by atoms with Crippen LogP contribution in [0.4, 0.5) is 4.79 Å². The fourth-order valence-corrected chi connectivity index (χ4v) is 1.31. The van der Waals surface area contributed by atoms with Crippen LogP contribution in [0.5, 0.6) is 0 Å². The van der Waals surface area contributed by atoms with Gasteiger partial charge in [-0.2, -0.15) is 0 Å². The molecule has 0 aromatic rings. The van der Waals surface area contributed by atoms with Crippen LogP contribution in [-0.4, -0.2) is 18.1 Å². The Morgan fingerprint density at radius 1 is 1.23 bits per heavy atom. The highest BCUT2D eigenvalue weighted by Crippen LogP contribution is 2.44. The van der Waals surface area contributed by atoms with E-state index in [9.17, 15) is 4.79 Å². The van der Waals surface area contributed by atoms with Crippen molar-refractivity contribution in [2.24, 2.45) is 5.41 Å². The Morgan fingerprint density at radius 2 is 1.85 bits per heavy atom. The van der Waals surface area contributed by atoms with E-state index in [2.05, 4.69) is 24.5 Å². The lowest BCUT2D eigenvalue weighted by Gasteiger charge is -2.14. The molecule has 0 unspecified atom stereocenters. The minimum atomic E-state index is 0.00752. The highest BCUT2D eigenvalue weighted by molar-refractivity contribution is 5.75. The van der Waals surface area contributed by atoms with E-state index in [0.29, 0.717) is 5.41 Å². The van der Waals surface area contributed by atoms with E-state index in [0.717, 1.165) is 19.4 Å². The lowest BCUT2D eigenvalue weighted by atomic mass is 10.1. The summed E-state index contributed by atoms with van der Waals surface area (Å²) in [5.74, 6) is 0. The normalized spacial score (nSPS) is 26.3. The van der Waals surface area contributed by atoms with E-state index >= 15 is 0 Å². The highest BCUT2D eigenvalue weighted by atomic mass is 16.2. The molecule has 0 aromatic carbocycles. The third kappa shape index (κ3) is 2.36. The van der Waals surface area contributed by atoms with E-state index < -0.39 is 0 Å². The van der Waals surface area contributed by atoms with Gasteiger partial charge in [-0.05, 0) is 38.0 Å². The minimum absolute atomic E-state index is 0.00752. The molecule has 2 aliphatic carbocycles. The number of hydrogen-bond acceptors (Lipinski definition) is 1. The van der Waals surface area contributed by atoms with Crippen LogP contribution in [-0.2, 0) is 0 Å². The third-order valence-corrected chi connectivity index (χ3v) is 3.19. The van der Waals surface area contributed by atoms with Crippen molar-refractivity contribution in [2.45, 2.75) is 45.1 Å². The van der Waals surface area contributed by atoms with Gasteiger partial charge in [-0.3, -0.25) is 0 Å². The van der Waals surface area contributed by atoms with Gasteiger partial charge in [-0.25, -0.2) is 4.79 Å². The van der Waals surface area contributed by atoms with E-state index in [1.807, 2.05) is 0 Å². The van der Waals surface area contributed by atoms with Crippen molar-refractivity contribution in [1.29, 1.82) is 0 Å². The molecule has 2 fully saturated rings. The van der Waals surface area contributed by atoms with Crippen LogP contribution >= 0.6 is 0 Å². The van der Waals surface area contributed by atoms with Gasteiger partial charge in [0.2, 0.25) is 0 Å². The van der Waals surface area contributed by atoms with Gasteiger partial charge in [0.05, 0.1) is 0 Å². The fourth-order valence-electron chi connectivity index (χ4n) is 1.31. The topological polar surface area (TPSA) is 41.1 Å². The van der Waals surface area contributed by atoms with Crippen molar-refractivity contribution in [3.8, 4) is 0 Å². The van der Waals surface area contributed by atoms with Crippen molar-refractivity contribution in [3.63, 3.8) is 0 Å². The molecule has 2 aliphatic rings. The lowest BCUT2D eigenvalue weighted by molar-refractivity contribution is 0.234. The zero-order valence-corrected chi connectivity index (χ0v) is 8.44. The molecule has 3 heteroatoms. The molecule has 3 nitrogen and oxygen atoms in total. The van der Waals surface area contributed by atoms with Crippen LogP contribution in [0.1, 0.15) is 39.5 Å². The molecule has 2 amide bonds. The molecule has 0 heterocycles. The monoisotopic (exact) mass is 182 g/mol. The molecule has 0 atom stereocenters. The summed E-state index contributed by atoms with van der Waals surface area (Å²) in [7, 11) is 0. The Kier molecular flexibility index (Phi) is 1.79. The fraction of sp³-hybridized carbons (Fsp3) is 0.900. The summed E-state index contributed by atoms with van der Waals surface area (Å²) in [4.78, 5) is 11.4. The summed E-state index contributed by atoms with van der Waals surface area (Å²) in [6.45, 7) is 5.13. The van der Waals surface area contributed by atoms with Crippen molar-refractivity contribution >= 4 is 6.03 Å². The first-order valence-electron chi connectivity index (χ1n) is 5.08. The summed E-state index contributed by atoms with van der Waals surface area (Å²) in [5, 5.41) is 5.91. The molecule has 0 aromatic heterocycles. The van der Waals surface area contributed by atoms with Gasteiger partial charge in [0.1, 0.15) is 0 Å². The molecule has 0 bridgehead atoms. The van der Waals surface area contributed by atoms with Gasteiger partial charge >= 0.3 is 6.03 Å². The second-order valence-electron chi connectivity index (χ2n) is 5.18. The van der Waals surface area contributed by atoms with Gasteiger partial charge < -0.3 is 10.6 Å². The summed E-state index contributed by atoms with van der Waals surface area (Å²) >= 11 is 0. The van der Waals surface area contributed by atoms with Crippen LogP contribution in [0.25, 0.3) is 0 Å². The molecular weight excluding hydrogens is 164 g/mol. The Bertz CT molecular complexity index is 229. The molecular formula is C10H18N2O. The van der Waals surface area contributed by atoms with E-state index in [-0.39, 0.29) is 11.6 Å². The Hall–Kier alpha value is -0.730. The highest BCUT2D eigenvalue weighted by Gasteiger charge is 2.40. The summed E-state index contributed by atoms with van der Waals surface area (Å²) in [6, 6.07) is 0.00752. The molecule has 2 rings (SSSR count). The maximum Gasteiger partial charge on any atom is 0.315 e. The molecule has 0 saturated heterocycles. The van der Waals surface area contributed by atoms with E-state index in [1.54, 1.807) is 0 Å². The number of rotatable bonds is 3. The lowest BCUT2D eigenvalue weighted by Crippen LogP contribution is -2.43. The number of carbonyl (C=O) groups excluding carboxylic acids is 1. The van der Waals surface area contributed by atoms with Crippen molar-refractivity contribution in [2.75, 3.05) is 6.54 Å². The maximum atomic E-state index is 11.4. The maximum absolute atomic E-state index is 11.4. The van der Waals surface area contributed by atoms with Crippen molar-refractivity contribution in [1.82, 2.24) is 10.6 Å². The van der Waals surface area contributed by atoms with Crippen LogP contribution in [0, 0.1) is 5.41 Å². The molecule has 0 radical (unpaired) electrons. The Balaban J connectivity index is 1.66. The first-order valence-corrected chi connectivity index (χ1v) is 5.08. The van der Waals surface area contributed by atoms with Crippen molar-refractivity contribution in [3.05, 3.63) is 0 Å². The number of nitrogens with one attached hydrogen (secondary N) is 2. The third-order valence-electron chi connectivity index (χ3n) is 3.19. The number of urea groups is 1. The van der Waals surface area contributed by atoms with Crippen molar-refractivity contribution < 1.29 is 4.79 Å². The molecule has 0 spiro atoms. The standard InChI is InChI=1S/C10H18N2O/c1-9(3-4-9)7-11-8(13)12-10(2)5-6-10/h3-7H2,1-2H3,(H2,11,12,13). The molecule has 13 heavy (non-hydrogen) atoms. The van der Waals surface area contributed by atoms with Crippen LogP contribution in [0.2, 0.25) is 0 Å². The Morgan fingerprint density at radius 3 is 2.31 bits per heavy atom. The minimum Gasteiger partial charge on any atom is -0.338 e. The first-order chi connectivity index (χ1) is 6.02. The molecule has 74 valence electrons. The predicted octanol–water partition coefficient (Wildman–Crippen LogP) is 1.64. The number of hydrogen-bond donors (Lipinski definition) is 2. The average Bonchev–Trinajstić information content (AvgIpc) is 2.91. The zero-order valence-electron chi connectivity index (χ0n) is 8.44. The average molecular weight is 182 g/mol. The predicted molar refractivity (Wildman–Crippen MR) is 51.5 cm³/mol. The van der Waals surface area contributed by atoms with Crippen LogP contribution < -0.4 is 10.6 Å². The molecule has 2 N–H and O–H groups in total. The first kappa shape index (κ1) is 8.85. The second kappa shape index (κ2) is 2.63. The summed E-state index contributed by atoms with van der Waals surface area (Å²) in [5.41, 5.74) is 0.510. The zero-order chi connectivity index (χ0) is 9.53. The van der Waals surface area contributed by atoms with Gasteiger partial charge in [0.15, 0.2) is 0 Å². The van der Waals surface area contributed by atoms with E-state index in [1.165, 1.54) is 12.8 Å². The van der Waals surface area contributed by atoms with Gasteiger partial charge in [-0.1, -0.05) is 6.92 Å². The smallest absolute Gasteiger partial charge is 0.315 e. The molecule has 2 saturated carbocycles. The second-order valence-corrected chi connectivity index (χ2v) is 5.18. The SMILES string of the molecule is CC1(CNC(=O)NC2(C)CC2)CC1. The van der Waals surface area contributed by atoms with Gasteiger partial charge in [0.25, 0.3) is 0 Å². The van der Waals surface area contributed by atoms with Crippen LogP contribution in [0.3, 0.4) is 0 Å². The summed E-state index contributed by atoms with van der Waals surface area (Å²) in [6.07, 6.45) is 4.75. The number of amides is 2. The summed E-state index contributed by atoms with van der Waals surface area (Å²) < 4.78 is 0. The largest absolute Gasteiger partial charge is 0.338 e. The molecule has 0 aliphatic heterocycles. The number of carbonyl (C=O) groups is 1. The van der Waals surface area contributed by atoms with E-state index in [4.69, 9.17) is 0 Å².